The van der Waals surface area contributed by atoms with Gasteiger partial charge in [0, 0.05) is 6.54 Å². The van der Waals surface area contributed by atoms with E-state index in [4.69, 9.17) is 4.74 Å². The van der Waals surface area contributed by atoms with Crippen LogP contribution in [0.1, 0.15) is 13.3 Å². The van der Waals surface area contributed by atoms with Crippen molar-refractivity contribution in [3.05, 3.63) is 12.2 Å². The van der Waals surface area contributed by atoms with Crippen molar-refractivity contribution in [1.29, 1.82) is 0 Å². The Hall–Kier alpha value is -1.36. The fourth-order valence-corrected chi connectivity index (χ4v) is 3.32. The van der Waals surface area contributed by atoms with Crippen LogP contribution in [0, 0.1) is 11.8 Å². The van der Waals surface area contributed by atoms with Crippen molar-refractivity contribution in [3.63, 3.8) is 0 Å². The lowest BCUT2D eigenvalue weighted by Crippen LogP contribution is -2.39. The molecule has 0 aliphatic carbocycles. The average Bonchev–Trinajstić information content (AvgIpc) is 2.88. The molecular weight excluding hydrogens is 222 g/mol. The van der Waals surface area contributed by atoms with E-state index in [1.54, 1.807) is 11.0 Å². The van der Waals surface area contributed by atoms with Crippen LogP contribution in [0.2, 0.25) is 0 Å². The topological polar surface area (TPSA) is 66.8 Å². The number of rotatable bonds is 3. The van der Waals surface area contributed by atoms with Gasteiger partial charge in [0.2, 0.25) is 5.91 Å². The van der Waals surface area contributed by atoms with Crippen molar-refractivity contribution >= 4 is 11.9 Å². The van der Waals surface area contributed by atoms with Gasteiger partial charge in [-0.15, -0.1) is 0 Å². The number of carbonyl (C=O) groups is 2. The molecule has 2 saturated heterocycles. The second-order valence-corrected chi connectivity index (χ2v) is 5.00. The molecule has 5 heteroatoms. The Morgan fingerprint density at radius 2 is 2.47 bits per heavy atom. The van der Waals surface area contributed by atoms with Gasteiger partial charge >= 0.3 is 5.97 Å². The zero-order chi connectivity index (χ0) is 12.2. The summed E-state index contributed by atoms with van der Waals surface area (Å²) in [5.41, 5.74) is -0.667. The summed E-state index contributed by atoms with van der Waals surface area (Å²) in [5, 5.41) is 9.23. The molecule has 0 aromatic heterocycles. The Bertz CT molecular complexity index is 419. The maximum absolute atomic E-state index is 12.2. The second-order valence-electron chi connectivity index (χ2n) is 5.00. The minimum atomic E-state index is -0.932. The summed E-state index contributed by atoms with van der Waals surface area (Å²) < 4.78 is 5.75. The van der Waals surface area contributed by atoms with Gasteiger partial charge in [0.25, 0.3) is 0 Å². The molecule has 0 radical (unpaired) electrons. The first-order valence-corrected chi connectivity index (χ1v) is 5.98. The minimum Gasteiger partial charge on any atom is -0.481 e. The lowest BCUT2D eigenvalue weighted by molar-refractivity contribution is -0.148. The Labute approximate surface area is 99.0 Å². The number of amides is 1. The van der Waals surface area contributed by atoms with Gasteiger partial charge in [-0.2, -0.15) is 0 Å². The van der Waals surface area contributed by atoms with Gasteiger partial charge in [-0.1, -0.05) is 19.1 Å². The lowest BCUT2D eigenvalue weighted by atomic mass is 9.77. The zero-order valence-electron chi connectivity index (χ0n) is 9.63. The van der Waals surface area contributed by atoms with Gasteiger partial charge in [-0.05, 0) is 6.42 Å². The van der Waals surface area contributed by atoms with Crippen LogP contribution < -0.4 is 0 Å². The van der Waals surface area contributed by atoms with Gasteiger partial charge in [0.05, 0.1) is 18.6 Å². The van der Waals surface area contributed by atoms with Gasteiger partial charge in [-0.25, -0.2) is 0 Å². The van der Waals surface area contributed by atoms with Crippen LogP contribution in [-0.2, 0) is 14.3 Å². The quantitative estimate of drug-likeness (QED) is 0.715. The SMILES string of the molecule is CCCN1CC23C=C[C@@H](O2)C(C(=O)O)[C@@H]3C1=O. The van der Waals surface area contributed by atoms with Gasteiger partial charge in [-0.3, -0.25) is 9.59 Å². The monoisotopic (exact) mass is 237 g/mol. The Morgan fingerprint density at radius 1 is 1.71 bits per heavy atom. The number of nitrogens with zero attached hydrogens (tertiary/aromatic N) is 1. The fraction of sp³-hybridized carbons (Fsp3) is 0.667. The first-order valence-electron chi connectivity index (χ1n) is 5.98. The third-order valence-corrected chi connectivity index (χ3v) is 3.96. The molecule has 17 heavy (non-hydrogen) atoms. The number of carboxylic acids is 1. The largest absolute Gasteiger partial charge is 0.481 e. The van der Waals surface area contributed by atoms with E-state index in [9.17, 15) is 14.7 Å². The van der Waals surface area contributed by atoms with E-state index in [1.807, 2.05) is 13.0 Å². The van der Waals surface area contributed by atoms with Crippen molar-refractivity contribution in [1.82, 2.24) is 4.90 Å². The predicted octanol–water partition coefficient (Wildman–Crippen LogP) is 0.263. The molecule has 1 amide bonds. The number of ether oxygens (including phenoxy) is 1. The highest BCUT2D eigenvalue weighted by atomic mass is 16.5. The van der Waals surface area contributed by atoms with Gasteiger partial charge in [0.1, 0.15) is 11.5 Å². The Kier molecular flexibility index (Phi) is 2.10. The van der Waals surface area contributed by atoms with E-state index in [2.05, 4.69) is 0 Å². The van der Waals surface area contributed by atoms with Crippen molar-refractivity contribution in [2.75, 3.05) is 13.1 Å². The fourth-order valence-electron chi connectivity index (χ4n) is 3.32. The summed E-state index contributed by atoms with van der Waals surface area (Å²) in [6.07, 6.45) is 4.12. The molecule has 2 fully saturated rings. The van der Waals surface area contributed by atoms with Crippen LogP contribution in [0.5, 0.6) is 0 Å². The van der Waals surface area contributed by atoms with E-state index >= 15 is 0 Å². The Balaban J connectivity index is 1.96. The van der Waals surface area contributed by atoms with Crippen LogP contribution in [0.25, 0.3) is 0 Å². The predicted molar refractivity (Wildman–Crippen MR) is 58.2 cm³/mol. The standard InChI is InChI=1S/C12H15NO4/c1-2-5-13-6-12-4-3-7(17-12)8(11(15)16)9(12)10(13)14/h3-4,7-9H,2,5-6H2,1H3,(H,15,16)/t7-,8?,9-,12?/m1/s1. The zero-order valence-corrected chi connectivity index (χ0v) is 9.63. The number of hydrogen-bond donors (Lipinski definition) is 1. The molecule has 2 bridgehead atoms. The van der Waals surface area contributed by atoms with Crippen molar-refractivity contribution in [2.45, 2.75) is 25.0 Å². The van der Waals surface area contributed by atoms with E-state index in [0.29, 0.717) is 13.1 Å². The van der Waals surface area contributed by atoms with Crippen LogP contribution in [0.4, 0.5) is 0 Å². The average molecular weight is 237 g/mol. The van der Waals surface area contributed by atoms with Crippen molar-refractivity contribution in [2.24, 2.45) is 11.8 Å². The first kappa shape index (κ1) is 10.8. The molecule has 1 spiro atoms. The molecule has 1 N–H and O–H groups in total. The summed E-state index contributed by atoms with van der Waals surface area (Å²) >= 11 is 0. The molecule has 5 nitrogen and oxygen atoms in total. The molecule has 0 aromatic carbocycles. The smallest absolute Gasteiger partial charge is 0.310 e. The van der Waals surface area contributed by atoms with Gasteiger partial charge < -0.3 is 14.7 Å². The van der Waals surface area contributed by atoms with E-state index in [-0.39, 0.29) is 5.91 Å². The van der Waals surface area contributed by atoms with Crippen molar-refractivity contribution in [3.8, 4) is 0 Å². The Morgan fingerprint density at radius 3 is 3.12 bits per heavy atom. The van der Waals surface area contributed by atoms with Crippen LogP contribution in [0.15, 0.2) is 12.2 Å². The normalized spacial score (nSPS) is 42.3. The van der Waals surface area contributed by atoms with E-state index in [0.717, 1.165) is 6.42 Å². The minimum absolute atomic E-state index is 0.0638. The summed E-state index contributed by atoms with van der Waals surface area (Å²) in [6.45, 7) is 3.17. The molecule has 92 valence electrons. The van der Waals surface area contributed by atoms with Crippen LogP contribution >= 0.6 is 0 Å². The van der Waals surface area contributed by atoms with Crippen LogP contribution in [0.3, 0.4) is 0 Å². The number of fused-ring (bicyclic) bond motifs is 1. The number of carbonyl (C=O) groups excluding carboxylic acids is 1. The molecule has 0 saturated carbocycles. The van der Waals surface area contributed by atoms with Crippen molar-refractivity contribution < 1.29 is 19.4 Å². The highest BCUT2D eigenvalue weighted by molar-refractivity contribution is 5.90. The summed E-state index contributed by atoms with van der Waals surface area (Å²) in [7, 11) is 0. The summed E-state index contributed by atoms with van der Waals surface area (Å²) in [5.74, 6) is -2.24. The van der Waals surface area contributed by atoms with E-state index < -0.39 is 29.5 Å². The molecule has 2 unspecified atom stereocenters. The second kappa shape index (κ2) is 3.32. The molecule has 4 atom stereocenters. The third kappa shape index (κ3) is 1.23. The summed E-state index contributed by atoms with van der Waals surface area (Å²) in [6, 6.07) is 0. The first-order chi connectivity index (χ1) is 8.09. The lowest BCUT2D eigenvalue weighted by Gasteiger charge is -2.21. The number of likely N-dealkylation sites (tertiary alicyclic amines) is 1. The highest BCUT2D eigenvalue weighted by Crippen LogP contribution is 2.51. The highest BCUT2D eigenvalue weighted by Gasteiger charge is 2.66. The molecule has 3 aliphatic heterocycles. The maximum Gasteiger partial charge on any atom is 0.310 e. The molecule has 3 aliphatic rings. The number of aliphatic carboxylic acids is 1. The van der Waals surface area contributed by atoms with Gasteiger partial charge in [0.15, 0.2) is 0 Å². The number of hydrogen-bond acceptors (Lipinski definition) is 3. The molecular formula is C12H15NO4. The summed E-state index contributed by atoms with van der Waals surface area (Å²) in [4.78, 5) is 25.2. The maximum atomic E-state index is 12.2. The molecule has 0 aromatic rings. The van der Waals surface area contributed by atoms with Crippen LogP contribution in [-0.4, -0.2) is 46.7 Å². The third-order valence-electron chi connectivity index (χ3n) is 3.96. The molecule has 3 heterocycles. The van der Waals surface area contributed by atoms with E-state index in [1.165, 1.54) is 0 Å². The molecule has 3 rings (SSSR count). The number of carboxylic acid groups (broad SMARTS) is 1.